The fraction of sp³-hybridized carbons (Fsp3) is 0.0588. The molecule has 3 heteroatoms. The van der Waals surface area contributed by atoms with Gasteiger partial charge in [-0.15, -0.1) is 0 Å². The summed E-state index contributed by atoms with van der Waals surface area (Å²) in [6, 6.07) is 13.3. The second-order valence-corrected chi connectivity index (χ2v) is 4.65. The second-order valence-electron chi connectivity index (χ2n) is 4.65. The van der Waals surface area contributed by atoms with Crippen molar-refractivity contribution >= 4 is 22.5 Å². The lowest BCUT2D eigenvalue weighted by atomic mass is 10.1. The van der Waals surface area contributed by atoms with Gasteiger partial charge in [-0.3, -0.25) is 9.59 Å². The number of Topliss-reactive ketones (excluding diaryl/α,β-unsaturated/α-hetero) is 1. The number of rotatable bonds is 2. The first-order valence-corrected chi connectivity index (χ1v) is 6.44. The van der Waals surface area contributed by atoms with Crippen LogP contribution in [0.1, 0.15) is 16.8 Å². The summed E-state index contributed by atoms with van der Waals surface area (Å²) in [6.07, 6.45) is 5.51. The van der Waals surface area contributed by atoms with Crippen molar-refractivity contribution in [3.63, 3.8) is 0 Å². The van der Waals surface area contributed by atoms with E-state index in [9.17, 15) is 9.59 Å². The molecule has 0 spiro atoms. The van der Waals surface area contributed by atoms with E-state index in [0.29, 0.717) is 17.7 Å². The molecule has 3 rings (SSSR count). The van der Waals surface area contributed by atoms with Gasteiger partial charge in [0.1, 0.15) is 0 Å². The Kier molecular flexibility index (Phi) is 3.17. The van der Waals surface area contributed by atoms with Crippen LogP contribution in [0.25, 0.3) is 10.8 Å². The fourth-order valence-electron chi connectivity index (χ4n) is 2.18. The van der Waals surface area contributed by atoms with Crippen LogP contribution in [0.2, 0.25) is 0 Å². The summed E-state index contributed by atoms with van der Waals surface area (Å²) >= 11 is 0. The van der Waals surface area contributed by atoms with Gasteiger partial charge in [0.15, 0.2) is 5.78 Å². The molecule has 2 aromatic carbocycles. The molecule has 1 aliphatic rings. The molecule has 2 aromatic rings. The smallest absolute Gasteiger partial charge is 0.255 e. The first-order valence-electron chi connectivity index (χ1n) is 6.44. The molecule has 0 atom stereocenters. The van der Waals surface area contributed by atoms with Gasteiger partial charge in [0.05, 0.1) is 5.70 Å². The molecule has 0 unspecified atom stereocenters. The molecule has 0 heterocycles. The van der Waals surface area contributed by atoms with Crippen molar-refractivity contribution in [1.82, 2.24) is 5.32 Å². The minimum Gasteiger partial charge on any atom is -0.319 e. The normalized spacial score (nSPS) is 14.2. The van der Waals surface area contributed by atoms with Crippen LogP contribution >= 0.6 is 0 Å². The van der Waals surface area contributed by atoms with Crippen LogP contribution in [0.5, 0.6) is 0 Å². The van der Waals surface area contributed by atoms with Gasteiger partial charge in [-0.25, -0.2) is 0 Å². The van der Waals surface area contributed by atoms with Gasteiger partial charge >= 0.3 is 0 Å². The summed E-state index contributed by atoms with van der Waals surface area (Å²) in [5.74, 6) is -0.327. The van der Waals surface area contributed by atoms with Gasteiger partial charge in [-0.05, 0) is 29.0 Å². The van der Waals surface area contributed by atoms with E-state index < -0.39 is 0 Å². The Morgan fingerprint density at radius 2 is 1.85 bits per heavy atom. The minimum absolute atomic E-state index is 0.0679. The van der Waals surface area contributed by atoms with Crippen molar-refractivity contribution < 1.29 is 9.59 Å². The molecule has 0 radical (unpaired) electrons. The molecule has 0 aromatic heterocycles. The third-order valence-corrected chi connectivity index (χ3v) is 3.26. The number of benzene rings is 2. The third kappa shape index (κ3) is 2.38. The predicted octanol–water partition coefficient (Wildman–Crippen LogP) is 2.98. The van der Waals surface area contributed by atoms with Crippen molar-refractivity contribution in [2.75, 3.05) is 0 Å². The first-order chi connectivity index (χ1) is 9.74. The number of ketones is 1. The lowest BCUT2D eigenvalue weighted by Crippen LogP contribution is -2.27. The topological polar surface area (TPSA) is 46.2 Å². The average Bonchev–Trinajstić information content (AvgIpc) is 2.49. The Hall–Kier alpha value is -2.68. The van der Waals surface area contributed by atoms with Crippen molar-refractivity contribution in [3.05, 3.63) is 72.0 Å². The van der Waals surface area contributed by atoms with E-state index in [0.717, 1.165) is 10.8 Å². The van der Waals surface area contributed by atoms with Crippen LogP contribution in [-0.2, 0) is 4.79 Å². The maximum Gasteiger partial charge on any atom is 0.255 e. The summed E-state index contributed by atoms with van der Waals surface area (Å²) in [6.45, 7) is 0. The van der Waals surface area contributed by atoms with E-state index in [1.165, 1.54) is 0 Å². The lowest BCUT2D eigenvalue weighted by Gasteiger charge is -2.10. The SMILES string of the molecule is O=C1CC=CC=C1NC(=O)c1ccc2ccccc2c1. The molecule has 0 bridgehead atoms. The highest BCUT2D eigenvalue weighted by Gasteiger charge is 2.14. The van der Waals surface area contributed by atoms with Crippen molar-refractivity contribution in [2.24, 2.45) is 0 Å². The van der Waals surface area contributed by atoms with Gasteiger partial charge in [-0.2, -0.15) is 0 Å². The minimum atomic E-state index is -0.259. The molecule has 0 saturated carbocycles. The number of amides is 1. The summed E-state index contributed by atoms with van der Waals surface area (Å²) in [5, 5.41) is 4.76. The summed E-state index contributed by atoms with van der Waals surface area (Å²) in [4.78, 5) is 23.8. The van der Waals surface area contributed by atoms with Crippen molar-refractivity contribution in [1.29, 1.82) is 0 Å². The monoisotopic (exact) mass is 263 g/mol. The Morgan fingerprint density at radius 3 is 2.65 bits per heavy atom. The summed E-state index contributed by atoms with van der Waals surface area (Å²) in [7, 11) is 0. The van der Waals surface area contributed by atoms with Gasteiger partial charge in [0, 0.05) is 12.0 Å². The Morgan fingerprint density at radius 1 is 1.05 bits per heavy atom. The average molecular weight is 263 g/mol. The molecule has 0 aliphatic heterocycles. The summed E-state index contributed by atoms with van der Waals surface area (Å²) in [5.41, 5.74) is 0.901. The van der Waals surface area contributed by atoms with Crippen LogP contribution in [-0.4, -0.2) is 11.7 Å². The Labute approximate surface area is 116 Å². The lowest BCUT2D eigenvalue weighted by molar-refractivity contribution is -0.115. The van der Waals surface area contributed by atoms with Gasteiger partial charge in [0.25, 0.3) is 5.91 Å². The van der Waals surface area contributed by atoms with Crippen molar-refractivity contribution in [2.45, 2.75) is 6.42 Å². The van der Waals surface area contributed by atoms with Crippen LogP contribution < -0.4 is 5.32 Å². The molecule has 0 saturated heterocycles. The Balaban J connectivity index is 1.87. The fourth-order valence-corrected chi connectivity index (χ4v) is 2.18. The maximum absolute atomic E-state index is 12.2. The number of nitrogens with one attached hydrogen (secondary N) is 1. The quantitative estimate of drug-likeness (QED) is 0.905. The van der Waals surface area contributed by atoms with E-state index in [2.05, 4.69) is 5.32 Å². The third-order valence-electron chi connectivity index (χ3n) is 3.26. The highest BCUT2D eigenvalue weighted by atomic mass is 16.2. The number of hydrogen-bond acceptors (Lipinski definition) is 2. The number of carbonyl (C=O) groups excluding carboxylic acids is 2. The highest BCUT2D eigenvalue weighted by molar-refractivity contribution is 6.06. The maximum atomic E-state index is 12.2. The molecule has 1 aliphatic carbocycles. The number of carbonyl (C=O) groups is 2. The van der Waals surface area contributed by atoms with E-state index in [1.54, 1.807) is 24.3 Å². The molecule has 3 nitrogen and oxygen atoms in total. The van der Waals surface area contributed by atoms with Crippen LogP contribution in [0.3, 0.4) is 0 Å². The molecular formula is C17H13NO2. The van der Waals surface area contributed by atoms with E-state index >= 15 is 0 Å². The largest absolute Gasteiger partial charge is 0.319 e. The number of fused-ring (bicyclic) bond motifs is 1. The molecule has 1 N–H and O–H groups in total. The zero-order valence-electron chi connectivity index (χ0n) is 10.8. The zero-order valence-corrected chi connectivity index (χ0v) is 10.8. The zero-order chi connectivity index (χ0) is 13.9. The van der Waals surface area contributed by atoms with E-state index in [4.69, 9.17) is 0 Å². The Bertz CT molecular complexity index is 756. The van der Waals surface area contributed by atoms with Gasteiger partial charge in [0.2, 0.25) is 0 Å². The second kappa shape index (κ2) is 5.13. The number of hydrogen-bond donors (Lipinski definition) is 1. The molecule has 20 heavy (non-hydrogen) atoms. The van der Waals surface area contributed by atoms with Crippen LogP contribution in [0.15, 0.2) is 66.4 Å². The predicted molar refractivity (Wildman–Crippen MR) is 78.3 cm³/mol. The number of allylic oxidation sites excluding steroid dienone is 4. The molecule has 98 valence electrons. The standard InChI is InChI=1S/C17H13NO2/c19-16-8-4-3-7-15(16)18-17(20)14-10-9-12-5-1-2-6-13(12)11-14/h1-7,9-11H,8H2,(H,18,20). The molecule has 0 fully saturated rings. The molecular weight excluding hydrogens is 250 g/mol. The molecule has 1 amide bonds. The van der Waals surface area contributed by atoms with Crippen molar-refractivity contribution in [3.8, 4) is 0 Å². The van der Waals surface area contributed by atoms with Gasteiger partial charge < -0.3 is 5.32 Å². The summed E-state index contributed by atoms with van der Waals surface area (Å²) < 4.78 is 0. The first kappa shape index (κ1) is 12.4. The highest BCUT2D eigenvalue weighted by Crippen LogP contribution is 2.16. The van der Waals surface area contributed by atoms with Gasteiger partial charge in [-0.1, -0.05) is 42.5 Å². The van der Waals surface area contributed by atoms with E-state index in [1.807, 2.05) is 36.4 Å². The van der Waals surface area contributed by atoms with E-state index in [-0.39, 0.29) is 11.7 Å². The van der Waals surface area contributed by atoms with Crippen LogP contribution in [0, 0.1) is 0 Å². The van der Waals surface area contributed by atoms with Crippen LogP contribution in [0.4, 0.5) is 0 Å².